The maximum Gasteiger partial charge on any atom is 0.124 e. The summed E-state index contributed by atoms with van der Waals surface area (Å²) in [6.07, 6.45) is 6.41. The number of nitrogens with zero attached hydrogens (tertiary/aromatic N) is 2. The highest BCUT2D eigenvalue weighted by Gasteiger charge is 2.40. The molecule has 5 nitrogen and oxygen atoms in total. The Balaban J connectivity index is 1.64. The second-order valence-electron chi connectivity index (χ2n) is 8.37. The first-order valence-corrected chi connectivity index (χ1v) is 9.85. The summed E-state index contributed by atoms with van der Waals surface area (Å²) in [5.41, 5.74) is 1.72. The van der Waals surface area contributed by atoms with E-state index in [1.807, 2.05) is 31.1 Å². The van der Waals surface area contributed by atoms with Crippen LogP contribution < -0.4 is 9.47 Å². The normalized spacial score (nSPS) is 20.8. The van der Waals surface area contributed by atoms with Gasteiger partial charge in [-0.1, -0.05) is 12.8 Å². The largest absolute Gasteiger partial charge is 0.497 e. The average Bonchev–Trinajstić information content (AvgIpc) is 3.23. The van der Waals surface area contributed by atoms with Gasteiger partial charge in [0.25, 0.3) is 0 Å². The Hall–Kier alpha value is -1.30. The minimum atomic E-state index is -0.492. The molecule has 1 heterocycles. The van der Waals surface area contributed by atoms with E-state index in [9.17, 15) is 5.11 Å². The van der Waals surface area contributed by atoms with Crippen LogP contribution in [0.3, 0.4) is 0 Å². The summed E-state index contributed by atoms with van der Waals surface area (Å²) in [7, 11) is 5.60. The maximum absolute atomic E-state index is 10.1. The van der Waals surface area contributed by atoms with E-state index in [-0.39, 0.29) is 0 Å². The van der Waals surface area contributed by atoms with E-state index in [4.69, 9.17) is 9.47 Å². The third kappa shape index (κ3) is 4.90. The lowest BCUT2D eigenvalue weighted by Gasteiger charge is -2.24. The monoisotopic (exact) mass is 362 g/mol. The molecular weight excluding hydrogens is 328 g/mol. The molecule has 146 valence electrons. The van der Waals surface area contributed by atoms with Crippen molar-refractivity contribution < 1.29 is 14.6 Å². The Bertz CT molecular complexity index is 585. The van der Waals surface area contributed by atoms with Crippen LogP contribution in [0.25, 0.3) is 0 Å². The lowest BCUT2D eigenvalue weighted by atomic mass is 9.86. The lowest BCUT2D eigenvalue weighted by molar-refractivity contribution is 0.0823. The summed E-state index contributed by atoms with van der Waals surface area (Å²) in [6.45, 7) is 4.16. The highest BCUT2D eigenvalue weighted by molar-refractivity contribution is 5.40. The summed E-state index contributed by atoms with van der Waals surface area (Å²) in [6, 6.07) is 5.98. The Morgan fingerprint density at radius 3 is 2.69 bits per heavy atom. The second kappa shape index (κ2) is 8.59. The van der Waals surface area contributed by atoms with Crippen LogP contribution in [0.5, 0.6) is 11.5 Å². The van der Waals surface area contributed by atoms with Crippen molar-refractivity contribution in [2.75, 3.05) is 47.4 Å². The molecule has 1 N–H and O–H groups in total. The topological polar surface area (TPSA) is 45.2 Å². The molecule has 1 spiro atoms. The van der Waals surface area contributed by atoms with Gasteiger partial charge in [0, 0.05) is 25.2 Å². The van der Waals surface area contributed by atoms with Gasteiger partial charge in [0.05, 0.1) is 7.11 Å². The number of benzene rings is 1. The minimum Gasteiger partial charge on any atom is -0.497 e. The maximum atomic E-state index is 10.1. The van der Waals surface area contributed by atoms with E-state index in [2.05, 4.69) is 11.0 Å². The van der Waals surface area contributed by atoms with E-state index in [1.165, 1.54) is 45.2 Å². The zero-order chi connectivity index (χ0) is 18.6. The summed E-state index contributed by atoms with van der Waals surface area (Å²) < 4.78 is 11.4. The second-order valence-corrected chi connectivity index (χ2v) is 8.37. The van der Waals surface area contributed by atoms with Crippen molar-refractivity contribution in [3.8, 4) is 11.5 Å². The van der Waals surface area contributed by atoms with Crippen molar-refractivity contribution in [2.45, 2.75) is 44.8 Å². The summed E-state index contributed by atoms with van der Waals surface area (Å²) in [4.78, 5) is 4.53. The number of ether oxygens (including phenoxy) is 2. The summed E-state index contributed by atoms with van der Waals surface area (Å²) in [5, 5.41) is 10.1. The number of hydrogen-bond donors (Lipinski definition) is 1. The van der Waals surface area contributed by atoms with Gasteiger partial charge in [-0.05, 0) is 63.5 Å². The molecule has 1 atom stereocenters. The molecule has 2 aliphatic rings. The van der Waals surface area contributed by atoms with Crippen LogP contribution in [-0.4, -0.2) is 68.5 Å². The van der Waals surface area contributed by atoms with Crippen molar-refractivity contribution in [3.63, 3.8) is 0 Å². The molecule has 1 aliphatic heterocycles. The molecule has 0 unspecified atom stereocenters. The zero-order valence-electron chi connectivity index (χ0n) is 16.5. The number of hydrogen-bond acceptors (Lipinski definition) is 5. The van der Waals surface area contributed by atoms with Crippen molar-refractivity contribution in [1.29, 1.82) is 0 Å². The Morgan fingerprint density at radius 1 is 1.23 bits per heavy atom. The van der Waals surface area contributed by atoms with Gasteiger partial charge in [-0.3, -0.25) is 4.90 Å². The molecule has 1 aromatic rings. The standard InChI is InChI=1S/C21H34N2O3/c1-22(2)14-18(24)15-26-20-7-6-19(25-3)12-17(20)13-23-11-10-21(16-23)8-4-5-9-21/h6-7,12,18,24H,4-5,8-11,13-16H2,1-3H3/t18-/m0/s1. The van der Waals surface area contributed by atoms with Crippen LogP contribution in [-0.2, 0) is 6.54 Å². The third-order valence-electron chi connectivity index (χ3n) is 5.85. The molecular formula is C21H34N2O3. The van der Waals surface area contributed by atoms with Crippen LogP contribution in [0.15, 0.2) is 18.2 Å². The molecule has 26 heavy (non-hydrogen) atoms. The molecule has 1 saturated carbocycles. The number of aliphatic hydroxyl groups excluding tert-OH is 1. The molecule has 1 saturated heterocycles. The van der Waals surface area contributed by atoms with Crippen molar-refractivity contribution in [1.82, 2.24) is 9.80 Å². The molecule has 1 aliphatic carbocycles. The molecule has 1 aromatic carbocycles. The van der Waals surface area contributed by atoms with Crippen LogP contribution in [0.1, 0.15) is 37.7 Å². The van der Waals surface area contributed by atoms with E-state index < -0.39 is 6.10 Å². The molecule has 0 amide bonds. The number of methoxy groups -OCH3 is 1. The Kier molecular flexibility index (Phi) is 6.43. The van der Waals surface area contributed by atoms with Crippen LogP contribution in [0, 0.1) is 5.41 Å². The van der Waals surface area contributed by atoms with Gasteiger partial charge in [-0.2, -0.15) is 0 Å². The highest BCUT2D eigenvalue weighted by Crippen LogP contribution is 2.45. The first kappa shape index (κ1) is 19.5. The van der Waals surface area contributed by atoms with E-state index in [1.54, 1.807) is 7.11 Å². The van der Waals surface area contributed by atoms with E-state index >= 15 is 0 Å². The Labute approximate surface area is 157 Å². The van der Waals surface area contributed by atoms with Gasteiger partial charge < -0.3 is 19.5 Å². The fraction of sp³-hybridized carbons (Fsp3) is 0.714. The van der Waals surface area contributed by atoms with Crippen LogP contribution in [0.4, 0.5) is 0 Å². The van der Waals surface area contributed by atoms with Gasteiger partial charge in [-0.25, -0.2) is 0 Å². The summed E-state index contributed by atoms with van der Waals surface area (Å²) in [5.74, 6) is 1.71. The number of likely N-dealkylation sites (N-methyl/N-ethyl adjacent to an activating group) is 1. The predicted octanol–water partition coefficient (Wildman–Crippen LogP) is 2.76. The van der Waals surface area contributed by atoms with Gasteiger partial charge in [-0.15, -0.1) is 0 Å². The lowest BCUT2D eigenvalue weighted by Crippen LogP contribution is -2.31. The van der Waals surface area contributed by atoms with Crippen molar-refractivity contribution in [3.05, 3.63) is 23.8 Å². The minimum absolute atomic E-state index is 0.307. The fourth-order valence-electron chi connectivity index (χ4n) is 4.54. The molecule has 5 heteroatoms. The van der Waals surface area contributed by atoms with Gasteiger partial charge >= 0.3 is 0 Å². The molecule has 2 fully saturated rings. The quantitative estimate of drug-likeness (QED) is 0.770. The first-order valence-electron chi connectivity index (χ1n) is 9.85. The van der Waals surface area contributed by atoms with Crippen LogP contribution >= 0.6 is 0 Å². The predicted molar refractivity (Wildman–Crippen MR) is 104 cm³/mol. The summed E-state index contributed by atoms with van der Waals surface area (Å²) >= 11 is 0. The number of likely N-dealkylation sites (tertiary alicyclic amines) is 1. The van der Waals surface area contributed by atoms with E-state index in [0.29, 0.717) is 18.6 Å². The van der Waals surface area contributed by atoms with Gasteiger partial charge in [0.15, 0.2) is 0 Å². The fourth-order valence-corrected chi connectivity index (χ4v) is 4.54. The number of rotatable bonds is 8. The third-order valence-corrected chi connectivity index (χ3v) is 5.85. The highest BCUT2D eigenvalue weighted by atomic mass is 16.5. The Morgan fingerprint density at radius 2 is 2.00 bits per heavy atom. The molecule has 0 bridgehead atoms. The smallest absolute Gasteiger partial charge is 0.124 e. The first-order chi connectivity index (χ1) is 12.5. The molecule has 0 aromatic heterocycles. The van der Waals surface area contributed by atoms with E-state index in [0.717, 1.165) is 23.6 Å². The average molecular weight is 363 g/mol. The number of aliphatic hydroxyl groups is 1. The SMILES string of the molecule is COc1ccc(OC[C@@H](O)CN(C)C)c(CN2CCC3(CCCC3)C2)c1. The van der Waals surface area contributed by atoms with Crippen LogP contribution in [0.2, 0.25) is 0 Å². The van der Waals surface area contributed by atoms with Crippen molar-refractivity contribution in [2.24, 2.45) is 5.41 Å². The van der Waals surface area contributed by atoms with Gasteiger partial charge in [0.2, 0.25) is 0 Å². The van der Waals surface area contributed by atoms with Crippen molar-refractivity contribution >= 4 is 0 Å². The molecule has 3 rings (SSSR count). The molecule has 0 radical (unpaired) electrons. The zero-order valence-corrected chi connectivity index (χ0v) is 16.5. The van der Waals surface area contributed by atoms with Gasteiger partial charge in [0.1, 0.15) is 24.2 Å².